The van der Waals surface area contributed by atoms with Gasteiger partial charge in [-0.25, -0.2) is 0 Å². The number of hydrogen-bond acceptors (Lipinski definition) is 4. The molecule has 0 spiro atoms. The second-order valence-corrected chi connectivity index (χ2v) is 3.61. The zero-order valence-electron chi connectivity index (χ0n) is 7.62. The molecular weight excluding hydrogens is 299 g/mol. The Morgan fingerprint density at radius 2 is 2.29 bits per heavy atom. The van der Waals surface area contributed by atoms with Crippen molar-refractivity contribution in [1.82, 2.24) is 5.32 Å². The Morgan fingerprint density at radius 3 is 2.71 bits per heavy atom. The number of amides is 1. The summed E-state index contributed by atoms with van der Waals surface area (Å²) in [5.74, 6) is 1.22. The van der Waals surface area contributed by atoms with Crippen LogP contribution in [0.5, 0.6) is 0 Å². The first-order valence-electron chi connectivity index (χ1n) is 3.80. The van der Waals surface area contributed by atoms with Crippen LogP contribution in [0.1, 0.15) is 6.92 Å². The minimum atomic E-state index is -0.647. The summed E-state index contributed by atoms with van der Waals surface area (Å²) in [4.78, 5) is 21.9. The lowest BCUT2D eigenvalue weighted by molar-refractivity contribution is -0.143. The molecular formula is C8H11IN2O3. The summed E-state index contributed by atoms with van der Waals surface area (Å²) < 4.78 is 4.07. The van der Waals surface area contributed by atoms with Gasteiger partial charge < -0.3 is 15.8 Å². The molecule has 6 heteroatoms. The van der Waals surface area contributed by atoms with Gasteiger partial charge in [0.25, 0.3) is 0 Å². The van der Waals surface area contributed by atoms with Crippen molar-refractivity contribution in [1.29, 1.82) is 0 Å². The van der Waals surface area contributed by atoms with E-state index in [1.807, 2.05) is 0 Å². The lowest BCUT2D eigenvalue weighted by Gasteiger charge is -2.08. The maximum absolute atomic E-state index is 11.0. The Kier molecular flexibility index (Phi) is 6.23. The number of alkyl halides is 1. The third-order valence-corrected chi connectivity index (χ3v) is 1.80. The summed E-state index contributed by atoms with van der Waals surface area (Å²) in [6.07, 6.45) is 4.98. The minimum absolute atomic E-state index is 0.221. The van der Waals surface area contributed by atoms with Crippen molar-refractivity contribution in [2.45, 2.75) is 17.1 Å². The van der Waals surface area contributed by atoms with Crippen molar-refractivity contribution < 1.29 is 14.3 Å². The van der Waals surface area contributed by atoms with Gasteiger partial charge in [0, 0.05) is 0 Å². The number of rotatable bonds is 4. The van der Waals surface area contributed by atoms with Crippen molar-refractivity contribution >= 4 is 34.5 Å². The van der Waals surface area contributed by atoms with Gasteiger partial charge in [-0.3, -0.25) is 9.59 Å². The fourth-order valence-electron chi connectivity index (χ4n) is 0.511. The van der Waals surface area contributed by atoms with Crippen LogP contribution in [-0.4, -0.2) is 28.6 Å². The molecule has 5 nitrogen and oxygen atoms in total. The number of nitrogens with two attached hydrogens (primary N) is 1. The monoisotopic (exact) mass is 310 g/mol. The van der Waals surface area contributed by atoms with E-state index >= 15 is 0 Å². The molecule has 0 radical (unpaired) electrons. The van der Waals surface area contributed by atoms with E-state index in [0.717, 1.165) is 0 Å². The Bertz CT molecular complexity index is 260. The van der Waals surface area contributed by atoms with E-state index in [-0.39, 0.29) is 6.54 Å². The fourth-order valence-corrected chi connectivity index (χ4v) is 0.795. The summed E-state index contributed by atoms with van der Waals surface area (Å²) in [7, 11) is 0. The van der Waals surface area contributed by atoms with Gasteiger partial charge >= 0.3 is 5.97 Å². The van der Waals surface area contributed by atoms with E-state index in [4.69, 9.17) is 12.2 Å². The van der Waals surface area contributed by atoms with E-state index < -0.39 is 22.0 Å². The number of nitrogens with one attached hydrogen (secondary N) is 1. The van der Waals surface area contributed by atoms with Gasteiger partial charge in [-0.1, -0.05) is 5.92 Å². The maximum Gasteiger partial charge on any atom is 0.327 e. The largest absolute Gasteiger partial charge is 0.438 e. The molecule has 0 saturated heterocycles. The Labute approximate surface area is 95.9 Å². The molecule has 3 N–H and O–H groups in total. The summed E-state index contributed by atoms with van der Waals surface area (Å²) >= 11 is 1.77. The van der Waals surface area contributed by atoms with Crippen molar-refractivity contribution in [3.8, 4) is 12.3 Å². The molecule has 0 aliphatic carbocycles. The Hall–Kier alpha value is -0.810. The topological polar surface area (TPSA) is 81.4 Å². The normalized spacial score (nSPS) is 13.6. The number of carbonyl (C=O) groups is 2. The van der Waals surface area contributed by atoms with Crippen LogP contribution in [0.3, 0.4) is 0 Å². The first-order valence-corrected chi connectivity index (χ1v) is 5.05. The van der Waals surface area contributed by atoms with Crippen molar-refractivity contribution in [2.24, 2.45) is 5.73 Å². The molecule has 0 saturated carbocycles. The lowest BCUT2D eigenvalue weighted by atomic mass is 10.3. The van der Waals surface area contributed by atoms with Crippen LogP contribution in [0.25, 0.3) is 0 Å². The van der Waals surface area contributed by atoms with Crippen molar-refractivity contribution in [3.05, 3.63) is 0 Å². The Morgan fingerprint density at radius 1 is 1.71 bits per heavy atom. The quantitative estimate of drug-likeness (QED) is 0.314. The van der Waals surface area contributed by atoms with Crippen LogP contribution in [-0.2, 0) is 14.3 Å². The highest BCUT2D eigenvalue weighted by atomic mass is 127. The number of esters is 1. The molecule has 0 fully saturated rings. The number of halogens is 1. The van der Waals surface area contributed by atoms with Gasteiger partial charge in [0.1, 0.15) is 6.54 Å². The second-order valence-electron chi connectivity index (χ2n) is 2.48. The van der Waals surface area contributed by atoms with E-state index in [9.17, 15) is 9.59 Å². The predicted octanol–water partition coefficient (Wildman–Crippen LogP) is -0.613. The van der Waals surface area contributed by atoms with Gasteiger partial charge in [0.15, 0.2) is 0 Å². The highest BCUT2D eigenvalue weighted by molar-refractivity contribution is 14.1. The summed E-state index contributed by atoms with van der Waals surface area (Å²) in [6.45, 7) is 1.30. The van der Waals surface area contributed by atoms with Crippen molar-refractivity contribution in [3.63, 3.8) is 0 Å². The van der Waals surface area contributed by atoms with Crippen LogP contribution < -0.4 is 11.1 Å². The van der Waals surface area contributed by atoms with Gasteiger partial charge in [0.2, 0.25) is 10.0 Å². The molecule has 1 unspecified atom stereocenters. The average molecular weight is 310 g/mol. The summed E-state index contributed by atoms with van der Waals surface area (Å²) in [5, 5.41) is 2.30. The first-order chi connectivity index (χ1) is 6.47. The summed E-state index contributed by atoms with van der Waals surface area (Å²) in [6, 6.07) is -0.647. The van der Waals surface area contributed by atoms with Gasteiger partial charge in [-0.2, -0.15) is 0 Å². The molecule has 0 bridgehead atoms. The molecule has 78 valence electrons. The third-order valence-electron chi connectivity index (χ3n) is 1.19. The summed E-state index contributed by atoms with van der Waals surface area (Å²) in [5.41, 5.74) is 5.25. The molecule has 0 aliphatic rings. The minimum Gasteiger partial charge on any atom is -0.438 e. The number of ether oxygens (including phenoxy) is 1. The maximum atomic E-state index is 11.0. The number of carbonyl (C=O) groups excluding carboxylic acids is 2. The third kappa shape index (κ3) is 5.77. The van der Waals surface area contributed by atoms with Gasteiger partial charge in [-0.05, 0) is 29.5 Å². The van der Waals surface area contributed by atoms with E-state index in [0.29, 0.717) is 0 Å². The molecule has 0 aromatic carbocycles. The van der Waals surface area contributed by atoms with E-state index in [2.05, 4.69) is 16.0 Å². The first kappa shape index (κ1) is 13.2. The van der Waals surface area contributed by atoms with Crippen LogP contribution in [0, 0.1) is 12.3 Å². The zero-order valence-corrected chi connectivity index (χ0v) is 9.78. The molecule has 0 heterocycles. The van der Waals surface area contributed by atoms with Crippen LogP contribution in [0.2, 0.25) is 0 Å². The molecule has 0 aromatic heterocycles. The molecule has 0 aliphatic heterocycles. The average Bonchev–Trinajstić information content (AvgIpc) is 2.13. The van der Waals surface area contributed by atoms with Crippen LogP contribution in [0.15, 0.2) is 0 Å². The van der Waals surface area contributed by atoms with Crippen molar-refractivity contribution in [2.75, 3.05) is 6.54 Å². The van der Waals surface area contributed by atoms with E-state index in [1.54, 1.807) is 22.6 Å². The highest BCUT2D eigenvalue weighted by Crippen LogP contribution is 1.99. The van der Waals surface area contributed by atoms with Crippen LogP contribution >= 0.6 is 22.6 Å². The standard InChI is InChI=1S/C8H11IN2O3/c1-3-6(9)14-7(12)4-11-8(13)5(2)10/h1,5-6H,4,10H2,2H3,(H,11,13)/t5-,6?/m0/s1. The van der Waals surface area contributed by atoms with E-state index in [1.165, 1.54) is 6.92 Å². The number of hydrogen-bond donors (Lipinski definition) is 2. The van der Waals surface area contributed by atoms with Gasteiger partial charge in [-0.15, -0.1) is 6.42 Å². The number of terminal acetylenes is 1. The van der Waals surface area contributed by atoms with Gasteiger partial charge in [0.05, 0.1) is 6.04 Å². The SMILES string of the molecule is C#CC(I)OC(=O)CNC(=O)[C@H](C)N. The second kappa shape index (κ2) is 6.62. The lowest BCUT2D eigenvalue weighted by Crippen LogP contribution is -2.41. The molecule has 14 heavy (non-hydrogen) atoms. The molecule has 0 rings (SSSR count). The smallest absolute Gasteiger partial charge is 0.327 e. The fraction of sp³-hybridized carbons (Fsp3) is 0.500. The highest BCUT2D eigenvalue weighted by Gasteiger charge is 2.11. The molecule has 2 atom stereocenters. The predicted molar refractivity (Wildman–Crippen MR) is 59.4 cm³/mol. The Balaban J connectivity index is 3.76. The molecule has 1 amide bonds. The van der Waals surface area contributed by atoms with Crippen LogP contribution in [0.4, 0.5) is 0 Å². The molecule has 0 aromatic rings. The zero-order chi connectivity index (χ0) is 11.1.